The lowest BCUT2D eigenvalue weighted by Gasteiger charge is -2.38. The zero-order chi connectivity index (χ0) is 20.4. The molecule has 0 aromatic heterocycles. The van der Waals surface area contributed by atoms with Crippen LogP contribution in [0, 0.1) is 5.82 Å². The third-order valence-corrected chi connectivity index (χ3v) is 4.83. The lowest BCUT2D eigenvalue weighted by molar-refractivity contribution is -0.140. The van der Waals surface area contributed by atoms with Gasteiger partial charge in [0.25, 0.3) is 0 Å². The topological polar surface area (TPSA) is 63.2 Å². The second kappa shape index (κ2) is 13.7. The summed E-state index contributed by atoms with van der Waals surface area (Å²) in [5.74, 6) is 0.473. The maximum atomic E-state index is 13.2. The molecule has 1 heterocycles. The maximum Gasteiger partial charge on any atom is 0.305 e. The number of unbranched alkanes of at least 4 members (excludes halogenated alkanes) is 3. The molecule has 0 radical (unpaired) electrons. The molecular weight excluding hydrogens is 488 g/mol. The van der Waals surface area contributed by atoms with Crippen molar-refractivity contribution in [1.82, 2.24) is 10.2 Å². The molecule has 0 saturated carbocycles. The zero-order valence-corrected chi connectivity index (χ0v) is 19.9. The normalized spacial score (nSPS) is 19.4. The van der Waals surface area contributed by atoms with Gasteiger partial charge in [-0.2, -0.15) is 0 Å². The van der Waals surface area contributed by atoms with E-state index in [1.165, 1.54) is 19.2 Å². The molecule has 0 amide bonds. The average Bonchev–Trinajstić information content (AvgIpc) is 2.70. The third-order valence-electron chi connectivity index (χ3n) is 4.83. The molecule has 0 spiro atoms. The lowest BCUT2D eigenvalue weighted by atomic mass is 10.1. The fraction of sp³-hybridized carbons (Fsp3) is 0.619. The van der Waals surface area contributed by atoms with Crippen LogP contribution in [0.5, 0.6) is 0 Å². The second-order valence-electron chi connectivity index (χ2n) is 7.11. The molecule has 8 heteroatoms. The van der Waals surface area contributed by atoms with Crippen LogP contribution in [-0.2, 0) is 14.3 Å². The molecular formula is C21H33FIN3O3. The fourth-order valence-corrected chi connectivity index (χ4v) is 3.37. The quantitative estimate of drug-likeness (QED) is 0.185. The highest BCUT2D eigenvalue weighted by atomic mass is 127. The van der Waals surface area contributed by atoms with Gasteiger partial charge in [-0.15, -0.1) is 24.0 Å². The molecule has 1 aliphatic rings. The van der Waals surface area contributed by atoms with Gasteiger partial charge in [-0.1, -0.05) is 25.0 Å². The highest BCUT2D eigenvalue weighted by Crippen LogP contribution is 2.25. The number of rotatable bonds is 8. The Kier molecular flexibility index (Phi) is 12.1. The van der Waals surface area contributed by atoms with Crippen molar-refractivity contribution in [2.24, 2.45) is 4.99 Å². The molecule has 164 valence electrons. The van der Waals surface area contributed by atoms with E-state index in [1.807, 2.05) is 6.92 Å². The van der Waals surface area contributed by atoms with Crippen molar-refractivity contribution in [3.63, 3.8) is 0 Å². The largest absolute Gasteiger partial charge is 0.469 e. The minimum atomic E-state index is -0.242. The number of hydrogen-bond donors (Lipinski definition) is 1. The van der Waals surface area contributed by atoms with Gasteiger partial charge < -0.3 is 19.7 Å². The zero-order valence-electron chi connectivity index (χ0n) is 17.5. The molecule has 6 nitrogen and oxygen atoms in total. The van der Waals surface area contributed by atoms with Crippen molar-refractivity contribution in [3.8, 4) is 0 Å². The Labute approximate surface area is 190 Å². The van der Waals surface area contributed by atoms with Crippen LogP contribution in [0.25, 0.3) is 0 Å². The van der Waals surface area contributed by atoms with Gasteiger partial charge in [-0.05, 0) is 37.5 Å². The van der Waals surface area contributed by atoms with E-state index >= 15 is 0 Å². The van der Waals surface area contributed by atoms with E-state index in [0.717, 1.165) is 50.3 Å². The van der Waals surface area contributed by atoms with E-state index in [9.17, 15) is 9.18 Å². The van der Waals surface area contributed by atoms with Crippen LogP contribution < -0.4 is 5.32 Å². The Morgan fingerprint density at radius 2 is 1.93 bits per heavy atom. The number of guanidine groups is 1. The maximum absolute atomic E-state index is 13.2. The van der Waals surface area contributed by atoms with Crippen molar-refractivity contribution in [2.75, 3.05) is 33.8 Å². The van der Waals surface area contributed by atoms with E-state index in [4.69, 9.17) is 4.74 Å². The number of carbonyl (C=O) groups excluding carboxylic acids is 1. The highest BCUT2D eigenvalue weighted by Gasteiger charge is 2.28. The average molecular weight is 521 g/mol. The number of ether oxygens (including phenoxy) is 2. The summed E-state index contributed by atoms with van der Waals surface area (Å²) in [7, 11) is 3.21. The number of esters is 1. The molecule has 0 aliphatic carbocycles. The van der Waals surface area contributed by atoms with Crippen LogP contribution in [0.3, 0.4) is 0 Å². The lowest BCUT2D eigenvalue weighted by Crippen LogP contribution is -2.50. The van der Waals surface area contributed by atoms with E-state index in [0.29, 0.717) is 13.0 Å². The summed E-state index contributed by atoms with van der Waals surface area (Å²) in [4.78, 5) is 17.7. The van der Waals surface area contributed by atoms with Crippen LogP contribution in [0.2, 0.25) is 0 Å². The van der Waals surface area contributed by atoms with Gasteiger partial charge in [0.15, 0.2) is 5.96 Å². The molecule has 2 atom stereocenters. The van der Waals surface area contributed by atoms with Gasteiger partial charge >= 0.3 is 5.97 Å². The van der Waals surface area contributed by atoms with E-state index in [2.05, 4.69) is 19.9 Å². The first-order valence-electron chi connectivity index (χ1n) is 9.96. The second-order valence-corrected chi connectivity index (χ2v) is 7.11. The van der Waals surface area contributed by atoms with E-state index in [1.54, 1.807) is 19.2 Å². The Morgan fingerprint density at radius 3 is 2.59 bits per heavy atom. The first-order chi connectivity index (χ1) is 13.5. The Balaban J connectivity index is 0.00000420. The van der Waals surface area contributed by atoms with Crippen LogP contribution in [0.1, 0.15) is 50.7 Å². The van der Waals surface area contributed by atoms with Gasteiger partial charge in [0.1, 0.15) is 11.9 Å². The summed E-state index contributed by atoms with van der Waals surface area (Å²) in [6.45, 7) is 4.31. The Bertz CT molecular complexity index is 643. The SMILES string of the molecule is CN=C(NCCCCCCC(=O)OC)N1CC(C)OC(c2ccc(F)cc2)C1.I. The van der Waals surface area contributed by atoms with Gasteiger partial charge in [0.05, 0.1) is 19.8 Å². The first kappa shape index (κ1) is 25.6. The molecule has 1 aliphatic heterocycles. The van der Waals surface area contributed by atoms with Crippen LogP contribution in [0.4, 0.5) is 4.39 Å². The standard InChI is InChI=1S/C21H32FN3O3.HI/c1-16-14-25(15-19(28-16)17-9-11-18(22)12-10-17)21(23-2)24-13-7-5-4-6-8-20(26)27-3;/h9-12,16,19H,4-8,13-15H2,1-3H3,(H,23,24);1H. The molecule has 2 rings (SSSR count). The van der Waals surface area contributed by atoms with Crippen molar-refractivity contribution in [3.05, 3.63) is 35.6 Å². The third kappa shape index (κ3) is 8.86. The molecule has 1 aromatic carbocycles. The Hall–Kier alpha value is -1.42. The predicted molar refractivity (Wildman–Crippen MR) is 123 cm³/mol. The van der Waals surface area contributed by atoms with E-state index < -0.39 is 0 Å². The summed E-state index contributed by atoms with van der Waals surface area (Å²) in [6, 6.07) is 6.49. The van der Waals surface area contributed by atoms with Crippen LogP contribution in [0.15, 0.2) is 29.3 Å². The predicted octanol–water partition coefficient (Wildman–Crippen LogP) is 3.90. The smallest absolute Gasteiger partial charge is 0.305 e. The fourth-order valence-electron chi connectivity index (χ4n) is 3.37. The number of aliphatic imine (C=N–C) groups is 1. The summed E-state index contributed by atoms with van der Waals surface area (Å²) in [6.07, 6.45) is 4.38. The highest BCUT2D eigenvalue weighted by molar-refractivity contribution is 14.0. The van der Waals surface area contributed by atoms with Gasteiger partial charge in [-0.3, -0.25) is 9.79 Å². The molecule has 1 aromatic rings. The molecule has 2 unspecified atom stereocenters. The summed E-state index contributed by atoms with van der Waals surface area (Å²) >= 11 is 0. The summed E-state index contributed by atoms with van der Waals surface area (Å²) in [5.41, 5.74) is 0.971. The molecule has 1 fully saturated rings. The van der Waals surface area contributed by atoms with Crippen molar-refractivity contribution in [1.29, 1.82) is 0 Å². The molecule has 0 bridgehead atoms. The van der Waals surface area contributed by atoms with Crippen molar-refractivity contribution in [2.45, 2.75) is 51.2 Å². The number of morpholine rings is 1. The van der Waals surface area contributed by atoms with Gasteiger partial charge in [-0.25, -0.2) is 4.39 Å². The van der Waals surface area contributed by atoms with Crippen molar-refractivity contribution >= 4 is 35.9 Å². The van der Waals surface area contributed by atoms with Crippen LogP contribution >= 0.6 is 24.0 Å². The number of halogens is 2. The molecule has 1 N–H and O–H groups in total. The number of nitrogens with one attached hydrogen (secondary N) is 1. The summed E-state index contributed by atoms with van der Waals surface area (Å²) in [5, 5.41) is 3.42. The number of carbonyl (C=O) groups is 1. The number of nitrogens with zero attached hydrogens (tertiary/aromatic N) is 2. The van der Waals surface area contributed by atoms with Crippen LogP contribution in [-0.4, -0.2) is 56.7 Å². The van der Waals surface area contributed by atoms with Gasteiger partial charge in [0.2, 0.25) is 0 Å². The van der Waals surface area contributed by atoms with Gasteiger partial charge in [0, 0.05) is 26.6 Å². The number of hydrogen-bond acceptors (Lipinski definition) is 4. The molecule has 1 saturated heterocycles. The Morgan fingerprint density at radius 1 is 1.24 bits per heavy atom. The first-order valence-corrected chi connectivity index (χ1v) is 9.96. The number of methoxy groups -OCH3 is 1. The summed E-state index contributed by atoms with van der Waals surface area (Å²) < 4.78 is 23.9. The monoisotopic (exact) mass is 521 g/mol. The molecule has 29 heavy (non-hydrogen) atoms. The van der Waals surface area contributed by atoms with Crippen molar-refractivity contribution < 1.29 is 18.7 Å². The minimum Gasteiger partial charge on any atom is -0.469 e. The minimum absolute atomic E-state index is 0. The van der Waals surface area contributed by atoms with E-state index in [-0.39, 0.29) is 48.0 Å². The number of benzene rings is 1.